The Hall–Kier alpha value is -0.560. The quantitative estimate of drug-likeness (QED) is 0.809. The van der Waals surface area contributed by atoms with Crippen molar-refractivity contribution in [3.8, 4) is 0 Å². The molecule has 1 saturated heterocycles. The Balaban J connectivity index is 2.03. The van der Waals surface area contributed by atoms with Crippen molar-refractivity contribution in [3.05, 3.63) is 18.0 Å². The molecule has 132 valence electrons. The van der Waals surface area contributed by atoms with Crippen LogP contribution in [0.25, 0.3) is 0 Å². The first-order valence-electron chi connectivity index (χ1n) is 8.55. The van der Waals surface area contributed by atoms with Gasteiger partial charge in [0.25, 0.3) is 0 Å². The van der Waals surface area contributed by atoms with Crippen LogP contribution in [-0.2, 0) is 17.9 Å². The lowest BCUT2D eigenvalue weighted by atomic mass is 10.0. The van der Waals surface area contributed by atoms with E-state index in [-0.39, 0.29) is 10.8 Å². The molecule has 2 rings (SSSR count). The van der Waals surface area contributed by atoms with Crippen molar-refractivity contribution in [2.24, 2.45) is 11.8 Å². The number of nitrogens with one attached hydrogen (secondary N) is 1. The minimum atomic E-state index is -1.08. The van der Waals surface area contributed by atoms with E-state index in [1.54, 1.807) is 0 Å². The number of nitrogens with zero attached hydrogens (tertiary/aromatic N) is 3. The van der Waals surface area contributed by atoms with Crippen LogP contribution in [0.4, 0.5) is 0 Å². The highest BCUT2D eigenvalue weighted by atomic mass is 32.2. The summed E-state index contributed by atoms with van der Waals surface area (Å²) >= 11 is -1.08. The van der Waals surface area contributed by atoms with E-state index < -0.39 is 11.4 Å². The number of hydrogen-bond acceptors (Lipinski definition) is 4. The predicted molar refractivity (Wildman–Crippen MR) is 96.4 cm³/mol. The molecule has 0 radical (unpaired) electrons. The Morgan fingerprint density at radius 1 is 1.43 bits per heavy atom. The average Bonchev–Trinajstić information content (AvgIpc) is 3.04. The molecule has 1 N–H and O–H groups in total. The first kappa shape index (κ1) is 18.8. The van der Waals surface area contributed by atoms with Crippen LogP contribution in [0, 0.1) is 11.8 Å². The van der Waals surface area contributed by atoms with Crippen LogP contribution in [0.3, 0.4) is 0 Å². The molecule has 0 saturated carbocycles. The van der Waals surface area contributed by atoms with Crippen molar-refractivity contribution in [1.29, 1.82) is 0 Å². The fraction of sp³-hybridized carbons (Fsp3) is 0.824. The molecule has 2 unspecified atom stereocenters. The normalized spacial score (nSPS) is 22.7. The highest BCUT2D eigenvalue weighted by Crippen LogP contribution is 2.26. The van der Waals surface area contributed by atoms with E-state index in [1.807, 2.05) is 27.0 Å². The maximum absolute atomic E-state index is 12.4. The van der Waals surface area contributed by atoms with Gasteiger partial charge >= 0.3 is 0 Å². The summed E-state index contributed by atoms with van der Waals surface area (Å²) in [7, 11) is 2.18. The molecular formula is C17H32N4OS. The third kappa shape index (κ3) is 5.21. The lowest BCUT2D eigenvalue weighted by molar-refractivity contribution is 0.369. The summed E-state index contributed by atoms with van der Waals surface area (Å²) in [6.45, 7) is 13.6. The van der Waals surface area contributed by atoms with Gasteiger partial charge in [0.2, 0.25) is 0 Å². The number of likely N-dealkylation sites (tertiary alicyclic amines) is 1. The summed E-state index contributed by atoms with van der Waals surface area (Å²) in [6.07, 6.45) is 5.29. The van der Waals surface area contributed by atoms with Gasteiger partial charge in [-0.1, -0.05) is 13.8 Å². The number of rotatable bonds is 6. The molecule has 1 aliphatic rings. The van der Waals surface area contributed by atoms with E-state index in [0.717, 1.165) is 18.7 Å². The summed E-state index contributed by atoms with van der Waals surface area (Å²) in [5, 5.41) is 4.54. The SMILES string of the molecule is CC(C)[C@H](N[S+]([O-])C(C)(C)C)c1cnn(CC2CCN(C)C2)c1. The van der Waals surface area contributed by atoms with Crippen molar-refractivity contribution >= 4 is 11.4 Å². The molecule has 1 aromatic rings. The van der Waals surface area contributed by atoms with Gasteiger partial charge in [-0.05, 0) is 52.6 Å². The van der Waals surface area contributed by atoms with E-state index >= 15 is 0 Å². The molecule has 0 bridgehead atoms. The number of hydrogen-bond donors (Lipinski definition) is 1. The zero-order valence-electron chi connectivity index (χ0n) is 15.4. The van der Waals surface area contributed by atoms with E-state index in [9.17, 15) is 4.55 Å². The highest BCUT2D eigenvalue weighted by molar-refractivity contribution is 7.90. The Bertz CT molecular complexity index is 497. The molecule has 23 heavy (non-hydrogen) atoms. The summed E-state index contributed by atoms with van der Waals surface area (Å²) in [5.41, 5.74) is 1.13. The van der Waals surface area contributed by atoms with E-state index in [0.29, 0.717) is 11.8 Å². The minimum absolute atomic E-state index is 0.0649. The average molecular weight is 341 g/mol. The van der Waals surface area contributed by atoms with Crippen LogP contribution < -0.4 is 4.72 Å². The molecular weight excluding hydrogens is 308 g/mol. The summed E-state index contributed by atoms with van der Waals surface area (Å²) < 4.78 is 17.5. The second-order valence-corrected chi connectivity index (χ2v) is 10.1. The molecule has 1 fully saturated rings. The maximum atomic E-state index is 12.4. The molecule has 0 aromatic carbocycles. The lowest BCUT2D eigenvalue weighted by Crippen LogP contribution is -2.42. The van der Waals surface area contributed by atoms with Gasteiger partial charge in [-0.25, -0.2) is 0 Å². The molecule has 1 aliphatic heterocycles. The van der Waals surface area contributed by atoms with Crippen LogP contribution >= 0.6 is 0 Å². The molecule has 3 atom stereocenters. The highest BCUT2D eigenvalue weighted by Gasteiger charge is 2.31. The van der Waals surface area contributed by atoms with Gasteiger partial charge in [0, 0.05) is 36.2 Å². The summed E-state index contributed by atoms with van der Waals surface area (Å²) in [6, 6.07) is 0.0649. The number of aromatic nitrogens is 2. The van der Waals surface area contributed by atoms with Crippen molar-refractivity contribution in [1.82, 2.24) is 19.4 Å². The second kappa shape index (κ2) is 7.55. The third-order valence-corrected chi connectivity index (χ3v) is 5.98. The largest absolute Gasteiger partial charge is 0.598 e. The van der Waals surface area contributed by atoms with Crippen LogP contribution in [0.2, 0.25) is 0 Å². The van der Waals surface area contributed by atoms with Crippen LogP contribution in [0.15, 0.2) is 12.4 Å². The molecule has 5 nitrogen and oxygen atoms in total. The molecule has 0 aliphatic carbocycles. The Kier molecular flexibility index (Phi) is 6.16. The third-order valence-electron chi connectivity index (χ3n) is 4.40. The van der Waals surface area contributed by atoms with Crippen LogP contribution in [-0.4, -0.2) is 44.1 Å². The van der Waals surface area contributed by atoms with Gasteiger partial charge < -0.3 is 9.45 Å². The van der Waals surface area contributed by atoms with Gasteiger partial charge in [0.05, 0.1) is 12.2 Å². The van der Waals surface area contributed by atoms with Gasteiger partial charge in [-0.2, -0.15) is 5.10 Å². The van der Waals surface area contributed by atoms with E-state index in [4.69, 9.17) is 0 Å². The summed E-state index contributed by atoms with van der Waals surface area (Å²) in [5.74, 6) is 1.04. The minimum Gasteiger partial charge on any atom is -0.598 e. The van der Waals surface area contributed by atoms with Crippen LogP contribution in [0.5, 0.6) is 0 Å². The van der Waals surface area contributed by atoms with Crippen LogP contribution in [0.1, 0.15) is 52.6 Å². The molecule has 0 amide bonds. The first-order chi connectivity index (χ1) is 10.7. The topological polar surface area (TPSA) is 56.1 Å². The fourth-order valence-electron chi connectivity index (χ4n) is 2.96. The zero-order chi connectivity index (χ0) is 17.2. The predicted octanol–water partition coefficient (Wildman–Crippen LogP) is 2.58. The Labute approximate surface area is 144 Å². The summed E-state index contributed by atoms with van der Waals surface area (Å²) in [4.78, 5) is 2.38. The second-order valence-electron chi connectivity index (χ2n) is 8.13. The molecule has 0 spiro atoms. The van der Waals surface area contributed by atoms with Crippen molar-refractivity contribution in [2.75, 3.05) is 20.1 Å². The smallest absolute Gasteiger partial charge is 0.136 e. The monoisotopic (exact) mass is 340 g/mol. The Morgan fingerprint density at radius 2 is 2.13 bits per heavy atom. The first-order valence-corrected chi connectivity index (χ1v) is 9.70. The molecule has 6 heteroatoms. The van der Waals surface area contributed by atoms with Crippen molar-refractivity contribution in [2.45, 2.75) is 58.4 Å². The van der Waals surface area contributed by atoms with Crippen molar-refractivity contribution < 1.29 is 4.55 Å². The maximum Gasteiger partial charge on any atom is 0.136 e. The molecule has 2 heterocycles. The Morgan fingerprint density at radius 3 is 2.65 bits per heavy atom. The van der Waals surface area contributed by atoms with E-state index in [1.165, 1.54) is 13.0 Å². The van der Waals surface area contributed by atoms with Gasteiger partial charge in [0.15, 0.2) is 0 Å². The standard InChI is InChI=1S/C17H32N4OS/c1-13(2)16(19-23(22)17(3,4)5)15-9-18-21(12-15)11-14-7-8-20(6)10-14/h9,12-14,16,19H,7-8,10-11H2,1-6H3/t14?,16-,23?/m0/s1. The van der Waals surface area contributed by atoms with Gasteiger partial charge in [0.1, 0.15) is 4.75 Å². The molecule has 1 aromatic heterocycles. The van der Waals surface area contributed by atoms with Gasteiger partial charge in [-0.15, -0.1) is 4.72 Å². The lowest BCUT2D eigenvalue weighted by Gasteiger charge is -2.29. The fourth-order valence-corrected chi connectivity index (χ4v) is 3.95. The zero-order valence-corrected chi connectivity index (χ0v) is 16.2. The van der Waals surface area contributed by atoms with Gasteiger partial charge in [-0.3, -0.25) is 4.68 Å². The van der Waals surface area contributed by atoms with Crippen molar-refractivity contribution in [3.63, 3.8) is 0 Å². The van der Waals surface area contributed by atoms with E-state index in [2.05, 4.69) is 46.5 Å².